The van der Waals surface area contributed by atoms with E-state index in [2.05, 4.69) is 23.6 Å². The molecule has 0 saturated heterocycles. The summed E-state index contributed by atoms with van der Waals surface area (Å²) >= 11 is 0. The lowest BCUT2D eigenvalue weighted by Crippen LogP contribution is -2.43. The maximum atomic E-state index is 4.71. The van der Waals surface area contributed by atoms with Crippen LogP contribution in [0.4, 0.5) is 0 Å². The Bertz CT molecular complexity index is 260. The first-order valence-electron chi connectivity index (χ1n) is 6.34. The van der Waals surface area contributed by atoms with Crippen LogP contribution in [0.5, 0.6) is 0 Å². The minimum atomic E-state index is 0.609. The van der Waals surface area contributed by atoms with Gasteiger partial charge in [-0.25, -0.2) is 0 Å². The lowest BCUT2D eigenvalue weighted by Gasteiger charge is -2.35. The Morgan fingerprint density at radius 2 is 2.20 bits per heavy atom. The van der Waals surface area contributed by atoms with E-state index in [1.807, 2.05) is 0 Å². The average Bonchev–Trinajstić information content (AvgIpc) is 3.00. The number of nitrogens with zero attached hydrogens (tertiary/aromatic N) is 2. The fraction of sp³-hybridized carbons (Fsp3) is 0.917. The molecule has 3 aliphatic rings. The second kappa shape index (κ2) is 3.78. The van der Waals surface area contributed by atoms with E-state index in [4.69, 9.17) is 4.99 Å². The summed E-state index contributed by atoms with van der Waals surface area (Å²) in [5.41, 5.74) is 0. The van der Waals surface area contributed by atoms with E-state index >= 15 is 0 Å². The molecule has 0 radical (unpaired) electrons. The molecule has 0 aromatic heterocycles. The van der Waals surface area contributed by atoms with E-state index in [0.29, 0.717) is 6.04 Å². The first-order chi connectivity index (χ1) is 7.38. The fourth-order valence-corrected chi connectivity index (χ4v) is 3.18. The van der Waals surface area contributed by atoms with Crippen LogP contribution in [0.1, 0.15) is 32.1 Å². The maximum Gasteiger partial charge on any atom is 0.0859 e. The van der Waals surface area contributed by atoms with E-state index in [0.717, 1.165) is 18.0 Å². The summed E-state index contributed by atoms with van der Waals surface area (Å²) in [5, 5.41) is 3.30. The fourth-order valence-electron chi connectivity index (χ4n) is 3.18. The van der Waals surface area contributed by atoms with Gasteiger partial charge in [0.25, 0.3) is 0 Å². The van der Waals surface area contributed by atoms with Crippen molar-refractivity contribution in [3.8, 4) is 0 Å². The molecule has 0 amide bonds. The van der Waals surface area contributed by atoms with Gasteiger partial charge in [0.1, 0.15) is 0 Å². The minimum absolute atomic E-state index is 0.609. The summed E-state index contributed by atoms with van der Waals surface area (Å²) < 4.78 is 0. The molecule has 3 heteroatoms. The predicted molar refractivity (Wildman–Crippen MR) is 62.2 cm³/mol. The lowest BCUT2D eigenvalue weighted by atomic mass is 9.82. The van der Waals surface area contributed by atoms with Gasteiger partial charge in [-0.3, -0.25) is 4.99 Å². The van der Waals surface area contributed by atoms with E-state index in [9.17, 15) is 0 Å². The van der Waals surface area contributed by atoms with Crippen molar-refractivity contribution in [2.45, 2.75) is 50.2 Å². The van der Waals surface area contributed by atoms with Crippen LogP contribution in [0.15, 0.2) is 4.99 Å². The molecular formula is C12H21N3. The van der Waals surface area contributed by atoms with Gasteiger partial charge < -0.3 is 10.2 Å². The van der Waals surface area contributed by atoms with Crippen molar-refractivity contribution in [1.29, 1.82) is 0 Å². The summed E-state index contributed by atoms with van der Waals surface area (Å²) in [4.78, 5) is 7.26. The van der Waals surface area contributed by atoms with Crippen molar-refractivity contribution >= 4 is 6.34 Å². The summed E-state index contributed by atoms with van der Waals surface area (Å²) in [7, 11) is 2.06. The van der Waals surface area contributed by atoms with E-state index < -0.39 is 0 Å². The standard InChI is InChI=1S/C12H21N3/c1-13-7-9-2-5-12-11(6-9)14-8-15(12)10-3-4-10/h8-13H,2-7H2,1H3. The summed E-state index contributed by atoms with van der Waals surface area (Å²) in [6.07, 6.45) is 8.98. The highest BCUT2D eigenvalue weighted by Gasteiger charge is 2.41. The molecule has 2 aliphatic carbocycles. The molecule has 3 atom stereocenters. The Hall–Kier alpha value is -0.570. The van der Waals surface area contributed by atoms with Crippen molar-refractivity contribution < 1.29 is 0 Å². The maximum absolute atomic E-state index is 4.71. The van der Waals surface area contributed by atoms with Crippen molar-refractivity contribution in [2.24, 2.45) is 10.9 Å². The topological polar surface area (TPSA) is 27.6 Å². The molecule has 3 nitrogen and oxygen atoms in total. The summed E-state index contributed by atoms with van der Waals surface area (Å²) in [6, 6.07) is 2.22. The normalized spacial score (nSPS) is 39.5. The zero-order valence-electron chi connectivity index (χ0n) is 9.52. The van der Waals surface area contributed by atoms with Gasteiger partial charge in [0, 0.05) is 6.04 Å². The third kappa shape index (κ3) is 1.78. The molecule has 1 aliphatic heterocycles. The Morgan fingerprint density at radius 3 is 2.93 bits per heavy atom. The van der Waals surface area contributed by atoms with Crippen LogP contribution < -0.4 is 5.32 Å². The van der Waals surface area contributed by atoms with Gasteiger partial charge in [0.05, 0.1) is 18.4 Å². The Kier molecular flexibility index (Phi) is 2.43. The van der Waals surface area contributed by atoms with Gasteiger partial charge in [-0.1, -0.05) is 0 Å². The smallest absolute Gasteiger partial charge is 0.0859 e. The lowest BCUT2D eigenvalue weighted by molar-refractivity contribution is 0.200. The van der Waals surface area contributed by atoms with Crippen LogP contribution in [0.25, 0.3) is 0 Å². The number of aliphatic imine (C=N–C) groups is 1. The third-order valence-electron chi connectivity index (χ3n) is 4.13. The number of fused-ring (bicyclic) bond motifs is 1. The molecule has 84 valence electrons. The second-order valence-electron chi connectivity index (χ2n) is 5.31. The van der Waals surface area contributed by atoms with Crippen LogP contribution in [0.2, 0.25) is 0 Å². The third-order valence-corrected chi connectivity index (χ3v) is 4.13. The average molecular weight is 207 g/mol. The van der Waals surface area contributed by atoms with Gasteiger partial charge in [-0.05, 0) is 51.6 Å². The van der Waals surface area contributed by atoms with Crippen LogP contribution in [-0.2, 0) is 0 Å². The first-order valence-corrected chi connectivity index (χ1v) is 6.34. The largest absolute Gasteiger partial charge is 0.355 e. The molecular weight excluding hydrogens is 186 g/mol. The summed E-state index contributed by atoms with van der Waals surface area (Å²) in [6.45, 7) is 1.17. The molecule has 15 heavy (non-hydrogen) atoms. The highest BCUT2D eigenvalue weighted by atomic mass is 15.3. The quantitative estimate of drug-likeness (QED) is 0.754. The summed E-state index contributed by atoms with van der Waals surface area (Å²) in [5.74, 6) is 0.854. The Morgan fingerprint density at radius 1 is 1.33 bits per heavy atom. The molecule has 0 aromatic rings. The molecule has 1 N–H and O–H groups in total. The molecule has 1 heterocycles. The Balaban J connectivity index is 1.61. The van der Waals surface area contributed by atoms with Crippen molar-refractivity contribution in [2.75, 3.05) is 13.6 Å². The number of hydrogen-bond donors (Lipinski definition) is 1. The van der Waals surface area contributed by atoms with Crippen LogP contribution >= 0.6 is 0 Å². The van der Waals surface area contributed by atoms with E-state index in [-0.39, 0.29) is 0 Å². The van der Waals surface area contributed by atoms with Crippen molar-refractivity contribution in [3.63, 3.8) is 0 Å². The van der Waals surface area contributed by atoms with Crippen molar-refractivity contribution in [3.05, 3.63) is 0 Å². The van der Waals surface area contributed by atoms with Crippen LogP contribution in [0, 0.1) is 5.92 Å². The first kappa shape index (κ1) is 9.64. The molecule has 2 fully saturated rings. The molecule has 0 spiro atoms. The highest BCUT2D eigenvalue weighted by molar-refractivity contribution is 5.60. The molecule has 0 bridgehead atoms. The second-order valence-corrected chi connectivity index (χ2v) is 5.31. The SMILES string of the molecule is CNCC1CCC2C(C1)N=CN2C1CC1. The monoisotopic (exact) mass is 207 g/mol. The van der Waals surface area contributed by atoms with Gasteiger partial charge in [-0.15, -0.1) is 0 Å². The predicted octanol–water partition coefficient (Wildman–Crippen LogP) is 1.25. The van der Waals surface area contributed by atoms with Crippen LogP contribution in [0.3, 0.4) is 0 Å². The molecule has 3 unspecified atom stereocenters. The molecule has 3 rings (SSSR count). The Labute approximate surface area is 91.9 Å². The zero-order valence-corrected chi connectivity index (χ0v) is 9.52. The van der Waals surface area contributed by atoms with Gasteiger partial charge >= 0.3 is 0 Å². The number of rotatable bonds is 3. The van der Waals surface area contributed by atoms with Crippen molar-refractivity contribution in [1.82, 2.24) is 10.2 Å². The zero-order chi connectivity index (χ0) is 10.3. The van der Waals surface area contributed by atoms with Gasteiger partial charge in [-0.2, -0.15) is 0 Å². The van der Waals surface area contributed by atoms with Gasteiger partial charge in [0.2, 0.25) is 0 Å². The molecule has 2 saturated carbocycles. The van der Waals surface area contributed by atoms with Gasteiger partial charge in [0.15, 0.2) is 0 Å². The van der Waals surface area contributed by atoms with E-state index in [1.54, 1.807) is 0 Å². The number of nitrogens with one attached hydrogen (secondary N) is 1. The van der Waals surface area contributed by atoms with E-state index in [1.165, 1.54) is 38.6 Å². The number of hydrogen-bond acceptors (Lipinski definition) is 3. The highest BCUT2D eigenvalue weighted by Crippen LogP contribution is 2.38. The minimum Gasteiger partial charge on any atom is -0.355 e. The molecule has 0 aromatic carbocycles. The van der Waals surface area contributed by atoms with Crippen LogP contribution in [-0.4, -0.2) is 43.0 Å².